The van der Waals surface area contributed by atoms with Crippen LogP contribution in [-0.4, -0.2) is 64.6 Å². The number of aliphatic hydroxyl groups is 4. The molecule has 0 aromatic heterocycles. The van der Waals surface area contributed by atoms with Crippen LogP contribution in [0, 0.1) is 0 Å². The number of benzene rings is 1. The summed E-state index contributed by atoms with van der Waals surface area (Å²) in [6.07, 6.45) is -3.87. The maximum Gasteiger partial charge on any atom is 0.414 e. The molecule has 6 N–H and O–H groups in total. The van der Waals surface area contributed by atoms with E-state index in [2.05, 4.69) is 26.0 Å². The van der Waals surface area contributed by atoms with Crippen LogP contribution < -0.4 is 20.1 Å². The Kier molecular flexibility index (Phi) is 8.51. The van der Waals surface area contributed by atoms with Gasteiger partial charge < -0.3 is 44.7 Å². The lowest BCUT2D eigenvalue weighted by molar-refractivity contribution is -0.375. The van der Waals surface area contributed by atoms with E-state index < -0.39 is 41.3 Å². The van der Waals surface area contributed by atoms with Crippen molar-refractivity contribution in [1.29, 1.82) is 0 Å². The van der Waals surface area contributed by atoms with Gasteiger partial charge in [0.05, 0.1) is 24.3 Å². The first-order valence-corrected chi connectivity index (χ1v) is 9.62. The van der Waals surface area contributed by atoms with E-state index in [0.29, 0.717) is 4.47 Å². The third-order valence-corrected chi connectivity index (χ3v) is 4.25. The van der Waals surface area contributed by atoms with Gasteiger partial charge in [-0.1, -0.05) is 0 Å². The lowest BCUT2D eigenvalue weighted by atomic mass is 10.0. The molecule has 31 heavy (non-hydrogen) atoms. The normalized spacial score (nSPS) is 13.1. The highest BCUT2D eigenvalue weighted by atomic mass is 79.9. The Morgan fingerprint density at radius 3 is 1.87 bits per heavy atom. The average Bonchev–Trinajstić information content (AvgIpc) is 2.58. The van der Waals surface area contributed by atoms with Crippen molar-refractivity contribution >= 4 is 28.1 Å². The molecular formula is C18H27BrN2O10. The molecule has 0 radical (unpaired) electrons. The van der Waals surface area contributed by atoms with Gasteiger partial charge in [-0.25, -0.2) is 9.59 Å². The van der Waals surface area contributed by atoms with Crippen LogP contribution in [-0.2, 0) is 15.3 Å². The molecule has 1 atom stereocenters. The number of hydrogen-bond acceptors (Lipinski definition) is 10. The van der Waals surface area contributed by atoms with Crippen LogP contribution in [0.2, 0.25) is 0 Å². The van der Waals surface area contributed by atoms with Crippen LogP contribution >= 0.6 is 15.9 Å². The lowest BCUT2D eigenvalue weighted by Gasteiger charge is -2.35. The summed E-state index contributed by atoms with van der Waals surface area (Å²) in [6.45, 7) is 6.29. The number of ether oxygens (including phenoxy) is 4. The molecule has 0 aliphatic rings. The highest BCUT2D eigenvalue weighted by Crippen LogP contribution is 2.40. The van der Waals surface area contributed by atoms with E-state index in [1.165, 1.54) is 32.5 Å². The molecule has 0 aliphatic heterocycles. The minimum atomic E-state index is -3.66. The number of methoxy groups -OCH3 is 2. The molecule has 0 aliphatic carbocycles. The molecule has 1 rings (SSSR count). The topological polar surface area (TPSA) is 176 Å². The van der Waals surface area contributed by atoms with Crippen molar-refractivity contribution in [2.75, 3.05) is 14.2 Å². The Labute approximate surface area is 187 Å². The van der Waals surface area contributed by atoms with Gasteiger partial charge >= 0.3 is 18.1 Å². The monoisotopic (exact) mass is 510 g/mol. The maximum atomic E-state index is 12.0. The fourth-order valence-corrected chi connectivity index (χ4v) is 2.73. The second kappa shape index (κ2) is 9.87. The van der Waals surface area contributed by atoms with Crippen molar-refractivity contribution in [3.63, 3.8) is 0 Å². The quantitative estimate of drug-likeness (QED) is 0.288. The molecule has 1 aromatic carbocycles. The largest absolute Gasteiger partial charge is 0.496 e. The summed E-state index contributed by atoms with van der Waals surface area (Å²) in [5.41, 5.74) is -1.16. The lowest BCUT2D eigenvalue weighted by Crippen LogP contribution is -2.63. The van der Waals surface area contributed by atoms with Crippen LogP contribution in [0.3, 0.4) is 0 Å². The van der Waals surface area contributed by atoms with Crippen molar-refractivity contribution in [2.45, 2.75) is 51.2 Å². The second-order valence-electron chi connectivity index (χ2n) is 7.41. The smallest absolute Gasteiger partial charge is 0.414 e. The van der Waals surface area contributed by atoms with Crippen molar-refractivity contribution in [3.8, 4) is 11.5 Å². The van der Waals surface area contributed by atoms with Gasteiger partial charge in [0.1, 0.15) is 11.5 Å². The zero-order chi connectivity index (χ0) is 24.2. The molecule has 0 saturated heterocycles. The number of halogens is 1. The van der Waals surface area contributed by atoms with E-state index in [1.54, 1.807) is 20.8 Å². The van der Waals surface area contributed by atoms with E-state index in [0.717, 1.165) is 6.07 Å². The summed E-state index contributed by atoms with van der Waals surface area (Å²) >= 11 is 3.17. The van der Waals surface area contributed by atoms with Gasteiger partial charge in [-0.05, 0) is 48.8 Å². The van der Waals surface area contributed by atoms with Gasteiger partial charge in [-0.3, -0.25) is 5.32 Å². The standard InChI is InChI=1S/C18H27BrN2O10/c1-9(30-14(22)20-16(2,3)4)31-15(23)21-18(26,27)17(24,25)10-7-13(29-6)11(19)8-12(10)28-5/h7-9,24-27H,1-6H3,(H,20,22)(H,21,23). The summed E-state index contributed by atoms with van der Waals surface area (Å²) in [4.78, 5) is 23.7. The fraction of sp³-hybridized carbons (Fsp3) is 0.556. The number of nitrogens with one attached hydrogen (secondary N) is 2. The molecule has 2 amide bonds. The third-order valence-electron chi connectivity index (χ3n) is 3.64. The highest BCUT2D eigenvalue weighted by Gasteiger charge is 2.53. The van der Waals surface area contributed by atoms with E-state index in [9.17, 15) is 30.0 Å². The summed E-state index contributed by atoms with van der Waals surface area (Å²) in [5, 5.41) is 45.2. The summed E-state index contributed by atoms with van der Waals surface area (Å²) in [7, 11) is 2.50. The highest BCUT2D eigenvalue weighted by molar-refractivity contribution is 9.10. The van der Waals surface area contributed by atoms with E-state index in [4.69, 9.17) is 14.2 Å². The predicted molar refractivity (Wildman–Crippen MR) is 109 cm³/mol. The Hall–Kier alpha value is -2.32. The first-order chi connectivity index (χ1) is 14.0. The van der Waals surface area contributed by atoms with Gasteiger partial charge in [0, 0.05) is 12.5 Å². The van der Waals surface area contributed by atoms with E-state index in [1.807, 2.05) is 0 Å². The first kappa shape index (κ1) is 26.7. The van der Waals surface area contributed by atoms with Gasteiger partial charge in [-0.2, -0.15) is 0 Å². The van der Waals surface area contributed by atoms with Crippen molar-refractivity contribution in [3.05, 3.63) is 22.2 Å². The summed E-state index contributed by atoms with van der Waals surface area (Å²) < 4.78 is 19.9. The Morgan fingerprint density at radius 2 is 1.42 bits per heavy atom. The number of amides is 2. The van der Waals surface area contributed by atoms with E-state index in [-0.39, 0.29) is 11.5 Å². The van der Waals surface area contributed by atoms with Crippen molar-refractivity contribution in [2.24, 2.45) is 0 Å². The van der Waals surface area contributed by atoms with Crippen LogP contribution in [0.1, 0.15) is 33.3 Å². The molecule has 0 fully saturated rings. The molecule has 0 bridgehead atoms. The first-order valence-electron chi connectivity index (χ1n) is 8.83. The number of carbonyl (C=O) groups is 2. The molecule has 1 aromatic rings. The van der Waals surface area contributed by atoms with Crippen molar-refractivity contribution < 1.29 is 49.0 Å². The minimum Gasteiger partial charge on any atom is -0.496 e. The minimum absolute atomic E-state index is 0.105. The molecule has 0 spiro atoms. The molecule has 1 unspecified atom stereocenters. The number of carbonyl (C=O) groups excluding carboxylic acids is 2. The zero-order valence-corrected chi connectivity index (χ0v) is 19.4. The number of hydrogen-bond donors (Lipinski definition) is 6. The molecule has 12 nitrogen and oxygen atoms in total. The SMILES string of the molecule is COc1cc(C(O)(O)C(O)(O)NC(=O)OC(C)OC(=O)NC(C)(C)C)c(OC)cc1Br. The third kappa shape index (κ3) is 7.11. The molecular weight excluding hydrogens is 484 g/mol. The van der Waals surface area contributed by atoms with Gasteiger partial charge in [0.25, 0.3) is 5.79 Å². The number of rotatable bonds is 7. The van der Waals surface area contributed by atoms with Crippen molar-refractivity contribution in [1.82, 2.24) is 10.6 Å². The second-order valence-corrected chi connectivity index (χ2v) is 8.26. The number of alkyl carbamates (subject to hydrolysis) is 2. The fourth-order valence-electron chi connectivity index (χ4n) is 2.24. The maximum absolute atomic E-state index is 12.0. The van der Waals surface area contributed by atoms with Crippen LogP contribution in [0.15, 0.2) is 16.6 Å². The van der Waals surface area contributed by atoms with Crippen LogP contribution in [0.4, 0.5) is 9.59 Å². The Bertz CT molecular complexity index is 807. The predicted octanol–water partition coefficient (Wildman–Crippen LogP) is 0.839. The van der Waals surface area contributed by atoms with Crippen LogP contribution in [0.5, 0.6) is 11.5 Å². The van der Waals surface area contributed by atoms with E-state index >= 15 is 0 Å². The summed E-state index contributed by atoms with van der Waals surface area (Å²) in [6, 6.07) is 2.34. The van der Waals surface area contributed by atoms with Gasteiger partial charge in [0.15, 0.2) is 0 Å². The molecule has 0 saturated carbocycles. The van der Waals surface area contributed by atoms with Crippen LogP contribution in [0.25, 0.3) is 0 Å². The molecule has 0 heterocycles. The molecule has 13 heteroatoms. The summed E-state index contributed by atoms with van der Waals surface area (Å²) in [5.74, 6) is -7.22. The molecule has 176 valence electrons. The van der Waals surface area contributed by atoms with Gasteiger partial charge in [0.2, 0.25) is 6.29 Å². The zero-order valence-electron chi connectivity index (χ0n) is 17.8. The van der Waals surface area contributed by atoms with Gasteiger partial charge in [-0.15, -0.1) is 0 Å². The Morgan fingerprint density at radius 1 is 0.935 bits per heavy atom. The Balaban J connectivity index is 2.97. The average molecular weight is 511 g/mol.